The zero-order valence-corrected chi connectivity index (χ0v) is 18.3. The molecule has 0 bridgehead atoms. The number of hydrogen-bond donors (Lipinski definition) is 1. The molecule has 0 aliphatic heterocycles. The minimum Gasteiger partial charge on any atom is -0.494 e. The topological polar surface area (TPSA) is 74.0 Å². The van der Waals surface area contributed by atoms with E-state index in [0.29, 0.717) is 28.3 Å². The lowest BCUT2D eigenvalue weighted by Gasteiger charge is -2.11. The molecule has 0 saturated carbocycles. The molecular formula is C22H20ClN5O2S. The average molecular weight is 454 g/mol. The number of anilines is 1. The Morgan fingerprint density at radius 1 is 1.06 bits per heavy atom. The molecule has 0 spiro atoms. The van der Waals surface area contributed by atoms with Crippen LogP contribution in [0.3, 0.4) is 0 Å². The first kappa shape index (κ1) is 21.0. The van der Waals surface area contributed by atoms with Gasteiger partial charge < -0.3 is 10.1 Å². The van der Waals surface area contributed by atoms with Crippen LogP contribution >= 0.6 is 23.4 Å². The van der Waals surface area contributed by atoms with Crippen molar-refractivity contribution in [1.29, 1.82) is 0 Å². The number of amides is 1. The van der Waals surface area contributed by atoms with Gasteiger partial charge in [-0.05, 0) is 67.6 Å². The molecule has 0 unspecified atom stereocenters. The van der Waals surface area contributed by atoms with E-state index in [0.717, 1.165) is 11.3 Å². The summed E-state index contributed by atoms with van der Waals surface area (Å²) in [6.45, 7) is 2.53. The Hall–Kier alpha value is -3.23. The first-order valence-corrected chi connectivity index (χ1v) is 11.0. The molecule has 2 aromatic heterocycles. The third kappa shape index (κ3) is 5.10. The molecule has 0 atom stereocenters. The van der Waals surface area contributed by atoms with Gasteiger partial charge in [0.2, 0.25) is 11.1 Å². The predicted octanol–water partition coefficient (Wildman–Crippen LogP) is 4.84. The van der Waals surface area contributed by atoms with Gasteiger partial charge in [0, 0.05) is 28.7 Å². The van der Waals surface area contributed by atoms with Crippen LogP contribution in [0.4, 0.5) is 5.69 Å². The molecule has 0 aliphatic rings. The maximum absolute atomic E-state index is 12.5. The summed E-state index contributed by atoms with van der Waals surface area (Å²) in [5, 5.41) is 12.8. The van der Waals surface area contributed by atoms with Gasteiger partial charge in [0.05, 0.1) is 12.4 Å². The first-order chi connectivity index (χ1) is 15.1. The molecule has 31 heavy (non-hydrogen) atoms. The summed E-state index contributed by atoms with van der Waals surface area (Å²) in [6.07, 6.45) is 3.79. The number of thioether (sulfide) groups is 1. The number of halogens is 1. The van der Waals surface area contributed by atoms with Crippen LogP contribution in [0.15, 0.2) is 78.2 Å². The number of aromatic nitrogens is 4. The van der Waals surface area contributed by atoms with E-state index >= 15 is 0 Å². The van der Waals surface area contributed by atoms with Crippen molar-refractivity contribution in [2.24, 2.45) is 0 Å². The van der Waals surface area contributed by atoms with Crippen molar-refractivity contribution < 1.29 is 9.53 Å². The molecule has 2 aromatic carbocycles. The highest BCUT2D eigenvalue weighted by molar-refractivity contribution is 7.99. The van der Waals surface area contributed by atoms with E-state index in [-0.39, 0.29) is 11.7 Å². The second kappa shape index (κ2) is 9.72. The largest absolute Gasteiger partial charge is 0.494 e. The highest BCUT2D eigenvalue weighted by atomic mass is 35.5. The summed E-state index contributed by atoms with van der Waals surface area (Å²) < 4.78 is 9.15. The third-order valence-corrected chi connectivity index (χ3v) is 5.49. The Morgan fingerprint density at radius 2 is 1.77 bits per heavy atom. The highest BCUT2D eigenvalue weighted by Crippen LogP contribution is 2.26. The summed E-state index contributed by atoms with van der Waals surface area (Å²) >= 11 is 7.32. The van der Waals surface area contributed by atoms with Crippen molar-refractivity contribution in [3.63, 3.8) is 0 Å². The van der Waals surface area contributed by atoms with Gasteiger partial charge >= 0.3 is 0 Å². The molecule has 0 radical (unpaired) electrons. The Labute approximate surface area is 189 Å². The van der Waals surface area contributed by atoms with Gasteiger partial charge in [-0.2, -0.15) is 0 Å². The summed E-state index contributed by atoms with van der Waals surface area (Å²) in [7, 11) is 0. The average Bonchev–Trinajstić information content (AvgIpc) is 3.44. The summed E-state index contributed by atoms with van der Waals surface area (Å²) in [5.41, 5.74) is 1.58. The molecular weight excluding hydrogens is 434 g/mol. The van der Waals surface area contributed by atoms with Crippen molar-refractivity contribution in [2.45, 2.75) is 12.1 Å². The standard InChI is InChI=1S/C22H20ClN5O2S/c1-2-30-19-11-9-18(10-12-19)24-20(29)15-31-22-26-25-21(16-5-7-17(23)8-6-16)28(22)27-13-3-4-14-27/h3-14H,2,15H2,1H3,(H,24,29). The van der Waals surface area contributed by atoms with Crippen LogP contribution < -0.4 is 10.1 Å². The Kier molecular flexibility index (Phi) is 6.59. The van der Waals surface area contributed by atoms with Crippen molar-refractivity contribution in [3.05, 3.63) is 78.1 Å². The number of carbonyl (C=O) groups is 1. The fourth-order valence-electron chi connectivity index (χ4n) is 2.93. The number of hydrogen-bond acceptors (Lipinski definition) is 5. The minimum absolute atomic E-state index is 0.135. The van der Waals surface area contributed by atoms with E-state index in [1.165, 1.54) is 11.8 Å². The molecule has 0 fully saturated rings. The van der Waals surface area contributed by atoms with Crippen molar-refractivity contribution in [2.75, 3.05) is 17.7 Å². The second-order valence-electron chi connectivity index (χ2n) is 6.48. The maximum Gasteiger partial charge on any atom is 0.234 e. The lowest BCUT2D eigenvalue weighted by molar-refractivity contribution is -0.113. The summed E-state index contributed by atoms with van der Waals surface area (Å²) in [5.74, 6) is 1.48. The number of nitrogens with one attached hydrogen (secondary N) is 1. The zero-order valence-electron chi connectivity index (χ0n) is 16.7. The van der Waals surface area contributed by atoms with Crippen molar-refractivity contribution >= 4 is 35.0 Å². The minimum atomic E-state index is -0.135. The van der Waals surface area contributed by atoms with Crippen LogP contribution in [-0.4, -0.2) is 37.8 Å². The van der Waals surface area contributed by atoms with Crippen molar-refractivity contribution in [1.82, 2.24) is 19.5 Å². The fraction of sp³-hybridized carbons (Fsp3) is 0.136. The second-order valence-corrected chi connectivity index (χ2v) is 7.86. The normalized spacial score (nSPS) is 10.8. The molecule has 0 aliphatic carbocycles. The zero-order chi connectivity index (χ0) is 21.6. The van der Waals surface area contributed by atoms with E-state index in [4.69, 9.17) is 16.3 Å². The number of nitrogens with zero attached hydrogens (tertiary/aromatic N) is 4. The number of ether oxygens (including phenoxy) is 1. The molecule has 0 saturated heterocycles. The van der Waals surface area contributed by atoms with Gasteiger partial charge in [-0.1, -0.05) is 23.4 Å². The van der Waals surface area contributed by atoms with Crippen molar-refractivity contribution in [3.8, 4) is 17.1 Å². The van der Waals surface area contributed by atoms with Gasteiger partial charge in [0.25, 0.3) is 0 Å². The van der Waals surface area contributed by atoms with Gasteiger partial charge in [0.15, 0.2) is 5.82 Å². The molecule has 4 rings (SSSR count). The number of rotatable bonds is 8. The predicted molar refractivity (Wildman–Crippen MR) is 123 cm³/mol. The lowest BCUT2D eigenvalue weighted by atomic mass is 10.2. The van der Waals surface area contributed by atoms with Crippen LogP contribution in [0.5, 0.6) is 5.75 Å². The smallest absolute Gasteiger partial charge is 0.234 e. The molecule has 4 aromatic rings. The highest BCUT2D eigenvalue weighted by Gasteiger charge is 2.17. The fourth-order valence-corrected chi connectivity index (χ4v) is 3.79. The molecule has 158 valence electrons. The van der Waals surface area contributed by atoms with E-state index in [1.54, 1.807) is 0 Å². The Morgan fingerprint density at radius 3 is 2.45 bits per heavy atom. The molecule has 2 heterocycles. The van der Waals surface area contributed by atoms with Gasteiger partial charge in [-0.3, -0.25) is 9.47 Å². The maximum atomic E-state index is 12.5. The third-order valence-electron chi connectivity index (χ3n) is 4.32. The van der Waals surface area contributed by atoms with E-state index in [9.17, 15) is 4.79 Å². The van der Waals surface area contributed by atoms with Crippen LogP contribution in [0.1, 0.15) is 6.92 Å². The van der Waals surface area contributed by atoms with Crippen LogP contribution in [0.2, 0.25) is 5.02 Å². The van der Waals surface area contributed by atoms with Gasteiger partial charge in [-0.15, -0.1) is 10.2 Å². The molecule has 9 heteroatoms. The van der Waals surface area contributed by atoms with E-state index in [2.05, 4.69) is 15.5 Å². The number of carbonyl (C=O) groups excluding carboxylic acids is 1. The van der Waals surface area contributed by atoms with Gasteiger partial charge in [0.1, 0.15) is 5.75 Å². The quantitative estimate of drug-likeness (QED) is 0.386. The molecule has 7 nitrogen and oxygen atoms in total. The monoisotopic (exact) mass is 453 g/mol. The first-order valence-electron chi connectivity index (χ1n) is 9.64. The summed E-state index contributed by atoms with van der Waals surface area (Å²) in [6, 6.07) is 18.5. The SMILES string of the molecule is CCOc1ccc(NC(=O)CSc2nnc(-c3ccc(Cl)cc3)n2-n2cccc2)cc1. The van der Waals surface area contributed by atoms with E-state index in [1.807, 2.05) is 89.3 Å². The van der Waals surface area contributed by atoms with Gasteiger partial charge in [-0.25, -0.2) is 4.68 Å². The van der Waals surface area contributed by atoms with Crippen LogP contribution in [0, 0.1) is 0 Å². The molecule has 1 N–H and O–H groups in total. The van der Waals surface area contributed by atoms with Crippen LogP contribution in [0.25, 0.3) is 11.4 Å². The van der Waals surface area contributed by atoms with E-state index < -0.39 is 0 Å². The number of benzene rings is 2. The molecule has 1 amide bonds. The Bertz CT molecular complexity index is 1140. The Balaban J connectivity index is 1.49. The lowest BCUT2D eigenvalue weighted by Crippen LogP contribution is -2.15. The van der Waals surface area contributed by atoms with Crippen LogP contribution in [-0.2, 0) is 4.79 Å². The summed E-state index contributed by atoms with van der Waals surface area (Å²) in [4.78, 5) is 12.5.